The van der Waals surface area contributed by atoms with E-state index < -0.39 is 0 Å². The molecule has 3 aliphatic carbocycles. The van der Waals surface area contributed by atoms with E-state index in [9.17, 15) is 4.79 Å². The third kappa shape index (κ3) is 3.23. The van der Waals surface area contributed by atoms with E-state index in [1.165, 1.54) is 43.5 Å². The number of fused-ring (bicyclic) bond motifs is 3. The van der Waals surface area contributed by atoms with Crippen LogP contribution in [-0.4, -0.2) is 27.3 Å². The summed E-state index contributed by atoms with van der Waals surface area (Å²) >= 11 is 0. The molecule has 1 aromatic rings. The summed E-state index contributed by atoms with van der Waals surface area (Å²) in [4.78, 5) is 12.7. The molecule has 24 heavy (non-hydrogen) atoms. The Morgan fingerprint density at radius 2 is 2.00 bits per heavy atom. The normalized spacial score (nSPS) is 25.3. The van der Waals surface area contributed by atoms with E-state index in [1.807, 2.05) is 12.1 Å². The topological polar surface area (TPSA) is 58.4 Å². The summed E-state index contributed by atoms with van der Waals surface area (Å²) in [7, 11) is 7.80. The molecule has 4 nitrogen and oxygen atoms in total. The number of nitrogens with one attached hydrogen (secondary N) is 1. The number of carbonyl (C=O) groups is 1. The van der Waals surface area contributed by atoms with Gasteiger partial charge in [0.1, 0.15) is 7.85 Å². The third-order valence-corrected chi connectivity index (χ3v) is 5.90. The summed E-state index contributed by atoms with van der Waals surface area (Å²) in [5.41, 5.74) is 2.50. The average Bonchev–Trinajstić information content (AvgIpc) is 2.60. The molecule has 0 heterocycles. The number of amides is 1. The van der Waals surface area contributed by atoms with Gasteiger partial charge >= 0.3 is 0 Å². The number of benzene rings is 1. The molecule has 1 amide bonds. The summed E-state index contributed by atoms with van der Waals surface area (Å²) in [6.45, 7) is 4.71. The highest BCUT2D eigenvalue weighted by Crippen LogP contribution is 2.49. The van der Waals surface area contributed by atoms with E-state index in [2.05, 4.69) is 11.9 Å². The number of nitrogens with two attached hydrogens (primary N) is 1. The lowest BCUT2D eigenvalue weighted by atomic mass is 9.61. The molecule has 2 radical (unpaired) electrons. The van der Waals surface area contributed by atoms with Crippen LogP contribution in [0.1, 0.15) is 44.1 Å². The Morgan fingerprint density at radius 3 is 2.58 bits per heavy atom. The molecule has 0 unspecified atom stereocenters. The maximum Gasteiger partial charge on any atom is 0.251 e. The van der Waals surface area contributed by atoms with Crippen LogP contribution in [-0.2, 0) is 4.79 Å². The van der Waals surface area contributed by atoms with Gasteiger partial charge in [-0.05, 0) is 55.9 Å². The molecule has 0 atom stereocenters. The van der Waals surface area contributed by atoms with E-state index in [-0.39, 0.29) is 5.91 Å². The van der Waals surface area contributed by atoms with Crippen LogP contribution in [0.5, 0.6) is 0 Å². The molecule has 1 aromatic carbocycles. The van der Waals surface area contributed by atoms with E-state index >= 15 is 0 Å². The van der Waals surface area contributed by atoms with Gasteiger partial charge in [-0.2, -0.15) is 0 Å². The molecule has 0 aromatic heterocycles. The number of rotatable bonds is 5. The molecule has 126 valence electrons. The molecule has 3 N–H and O–H groups in total. The standard InChI is InChI=1S/C19H26BN3O/c1-13(17-15(20)4-3-5-16(17)23(2)21)18(24)22-12-19-9-6-14(7-10-19)8-11-19/h3-5,14H,1,6-12,21H2,2H3,(H,22,24). The van der Waals surface area contributed by atoms with Gasteiger partial charge in [0.15, 0.2) is 0 Å². The lowest BCUT2D eigenvalue weighted by Crippen LogP contribution is -2.44. The molecule has 5 heteroatoms. The number of nitrogens with zero attached hydrogens (tertiary/aromatic N) is 1. The van der Waals surface area contributed by atoms with Crippen LogP contribution in [0.15, 0.2) is 24.8 Å². The van der Waals surface area contributed by atoms with Crippen LogP contribution in [0.25, 0.3) is 5.57 Å². The summed E-state index contributed by atoms with van der Waals surface area (Å²) in [6.07, 6.45) is 7.62. The fourth-order valence-corrected chi connectivity index (χ4v) is 4.27. The van der Waals surface area contributed by atoms with Crippen molar-refractivity contribution in [1.29, 1.82) is 0 Å². The summed E-state index contributed by atoms with van der Waals surface area (Å²) in [5, 5.41) is 4.57. The van der Waals surface area contributed by atoms with Gasteiger partial charge < -0.3 is 10.3 Å². The number of hydrazine groups is 1. The van der Waals surface area contributed by atoms with Crippen molar-refractivity contribution in [3.63, 3.8) is 0 Å². The molecule has 3 aliphatic rings. The number of hydrogen-bond acceptors (Lipinski definition) is 3. The van der Waals surface area contributed by atoms with Crippen molar-refractivity contribution < 1.29 is 4.79 Å². The van der Waals surface area contributed by atoms with Crippen LogP contribution < -0.4 is 21.6 Å². The lowest BCUT2D eigenvalue weighted by Gasteiger charge is -2.46. The predicted molar refractivity (Wildman–Crippen MR) is 100 cm³/mol. The zero-order valence-electron chi connectivity index (χ0n) is 14.5. The number of hydrogen-bond donors (Lipinski definition) is 2. The van der Waals surface area contributed by atoms with Crippen molar-refractivity contribution in [1.82, 2.24) is 5.32 Å². The second-order valence-electron chi connectivity index (χ2n) is 7.50. The fourth-order valence-electron chi connectivity index (χ4n) is 4.27. The van der Waals surface area contributed by atoms with Gasteiger partial charge in [-0.1, -0.05) is 24.2 Å². The lowest BCUT2D eigenvalue weighted by molar-refractivity contribution is -0.116. The number of carbonyl (C=O) groups excluding carboxylic acids is 1. The average molecular weight is 323 g/mol. The van der Waals surface area contributed by atoms with Gasteiger partial charge in [0, 0.05) is 24.7 Å². The van der Waals surface area contributed by atoms with Gasteiger partial charge in [-0.3, -0.25) is 4.79 Å². The van der Waals surface area contributed by atoms with Crippen molar-refractivity contribution in [2.24, 2.45) is 17.2 Å². The minimum atomic E-state index is -0.155. The Labute approximate surface area is 145 Å². The van der Waals surface area contributed by atoms with E-state index in [4.69, 9.17) is 13.7 Å². The predicted octanol–water partition coefficient (Wildman–Crippen LogP) is 1.89. The zero-order valence-corrected chi connectivity index (χ0v) is 14.5. The van der Waals surface area contributed by atoms with Gasteiger partial charge in [-0.25, -0.2) is 5.84 Å². The van der Waals surface area contributed by atoms with Gasteiger partial charge in [0.05, 0.1) is 5.69 Å². The first kappa shape index (κ1) is 17.1. The van der Waals surface area contributed by atoms with Crippen molar-refractivity contribution in [3.05, 3.63) is 30.3 Å². The van der Waals surface area contributed by atoms with Gasteiger partial charge in [0.25, 0.3) is 5.91 Å². The SMILES string of the molecule is [B]c1cccc(N(C)N)c1C(=C)C(=O)NCC12CCC(CC1)CC2. The van der Waals surface area contributed by atoms with E-state index in [0.717, 1.165) is 12.5 Å². The van der Waals surface area contributed by atoms with Crippen LogP contribution in [0.2, 0.25) is 0 Å². The summed E-state index contributed by atoms with van der Waals surface area (Å²) in [6, 6.07) is 5.43. The zero-order chi connectivity index (χ0) is 17.3. The van der Waals surface area contributed by atoms with Crippen molar-refractivity contribution in [2.75, 3.05) is 18.6 Å². The molecule has 4 rings (SSSR count). The van der Waals surface area contributed by atoms with Gasteiger partial charge in [-0.15, -0.1) is 0 Å². The highest BCUT2D eigenvalue weighted by atomic mass is 16.1. The highest BCUT2D eigenvalue weighted by Gasteiger charge is 2.40. The number of anilines is 1. The van der Waals surface area contributed by atoms with Crippen LogP contribution in [0, 0.1) is 11.3 Å². The fraction of sp³-hybridized carbons (Fsp3) is 0.526. The first-order valence-electron chi connectivity index (χ1n) is 8.76. The van der Waals surface area contributed by atoms with Crippen molar-refractivity contribution >= 4 is 30.5 Å². The quantitative estimate of drug-likeness (QED) is 0.377. The molecule has 0 saturated heterocycles. The second kappa shape index (κ2) is 6.63. The molecular formula is C19H26BN3O. The van der Waals surface area contributed by atoms with Crippen molar-refractivity contribution in [3.8, 4) is 0 Å². The highest BCUT2D eigenvalue weighted by molar-refractivity contribution is 6.38. The molecular weight excluding hydrogens is 297 g/mol. The van der Waals surface area contributed by atoms with E-state index in [1.54, 1.807) is 13.1 Å². The van der Waals surface area contributed by atoms with Crippen molar-refractivity contribution in [2.45, 2.75) is 38.5 Å². The van der Waals surface area contributed by atoms with Crippen LogP contribution in [0.3, 0.4) is 0 Å². The maximum atomic E-state index is 12.7. The smallest absolute Gasteiger partial charge is 0.251 e. The Bertz CT molecular complexity index is 634. The molecule has 3 fully saturated rings. The minimum Gasteiger partial charge on any atom is -0.351 e. The Morgan fingerprint density at radius 1 is 1.38 bits per heavy atom. The first-order chi connectivity index (χ1) is 11.4. The van der Waals surface area contributed by atoms with Crippen LogP contribution in [0.4, 0.5) is 5.69 Å². The molecule has 3 saturated carbocycles. The second-order valence-corrected chi connectivity index (χ2v) is 7.50. The monoisotopic (exact) mass is 323 g/mol. The largest absolute Gasteiger partial charge is 0.351 e. The Hall–Kier alpha value is -1.75. The van der Waals surface area contributed by atoms with Crippen LogP contribution >= 0.6 is 0 Å². The molecule has 2 bridgehead atoms. The van der Waals surface area contributed by atoms with Gasteiger partial charge in [0.2, 0.25) is 0 Å². The third-order valence-electron chi connectivity index (χ3n) is 5.90. The molecule has 0 spiro atoms. The maximum absolute atomic E-state index is 12.7. The minimum absolute atomic E-state index is 0.155. The first-order valence-corrected chi connectivity index (χ1v) is 8.76. The molecule has 0 aliphatic heterocycles. The summed E-state index contributed by atoms with van der Waals surface area (Å²) in [5.74, 6) is 6.63. The Kier molecular flexibility index (Phi) is 4.72. The Balaban J connectivity index is 1.70. The van der Waals surface area contributed by atoms with E-state index in [0.29, 0.717) is 27.7 Å². The summed E-state index contributed by atoms with van der Waals surface area (Å²) < 4.78 is 0.